The molecular weight excluding hydrogens is 267 g/mol. The molecule has 0 aromatic carbocycles. The van der Waals surface area contributed by atoms with Crippen LogP contribution in [0, 0.1) is 0 Å². The summed E-state index contributed by atoms with van der Waals surface area (Å²) in [6.45, 7) is 0. The van der Waals surface area contributed by atoms with Crippen LogP contribution in [0.1, 0.15) is 31.7 Å². The average molecular weight is 278 g/mol. The predicted molar refractivity (Wildman–Crippen MR) is 58.7 cm³/mol. The first-order chi connectivity index (χ1) is 6.68. The van der Waals surface area contributed by atoms with Crippen molar-refractivity contribution >= 4 is 27.5 Å². The van der Waals surface area contributed by atoms with Gasteiger partial charge in [0.1, 0.15) is 0 Å². The van der Waals surface area contributed by atoms with Gasteiger partial charge in [-0.05, 0) is 34.8 Å². The lowest BCUT2D eigenvalue weighted by Crippen LogP contribution is -2.26. The molecule has 0 N–H and O–H groups in total. The van der Waals surface area contributed by atoms with Gasteiger partial charge in [-0.1, -0.05) is 24.4 Å². The third-order valence-electron chi connectivity index (χ3n) is 2.53. The third-order valence-corrected chi connectivity index (χ3v) is 3.28. The molecule has 1 aromatic rings. The molecule has 1 aliphatic carbocycles. The Hall–Kier alpha value is -0.350. The highest BCUT2D eigenvalue weighted by Gasteiger charge is 2.20. The summed E-state index contributed by atoms with van der Waals surface area (Å²) in [7, 11) is 0. The fourth-order valence-corrected chi connectivity index (χ4v) is 2.57. The van der Waals surface area contributed by atoms with Gasteiger partial charge in [0.2, 0.25) is 0 Å². The van der Waals surface area contributed by atoms with Gasteiger partial charge in [-0.3, -0.25) is 4.79 Å². The first-order valence-corrected chi connectivity index (χ1v) is 5.80. The van der Waals surface area contributed by atoms with Crippen molar-refractivity contribution in [2.75, 3.05) is 0 Å². The molecule has 0 bridgehead atoms. The van der Waals surface area contributed by atoms with E-state index in [1.165, 1.54) is 23.6 Å². The van der Waals surface area contributed by atoms with Gasteiger partial charge in [0.25, 0.3) is 5.56 Å². The number of halogens is 2. The molecule has 76 valence electrons. The third kappa shape index (κ3) is 1.86. The molecule has 1 aliphatic rings. The van der Waals surface area contributed by atoms with Gasteiger partial charge in [0.15, 0.2) is 5.15 Å². The zero-order valence-corrected chi connectivity index (χ0v) is 9.88. The topological polar surface area (TPSA) is 34.9 Å². The minimum atomic E-state index is -0.0821. The van der Waals surface area contributed by atoms with Gasteiger partial charge in [0.05, 0.1) is 10.5 Å². The van der Waals surface area contributed by atoms with E-state index in [0.29, 0.717) is 9.63 Å². The SMILES string of the molecule is O=c1c(Br)cc(Cl)nn1C1CCCC1. The van der Waals surface area contributed by atoms with Crippen molar-refractivity contribution in [2.45, 2.75) is 31.7 Å². The van der Waals surface area contributed by atoms with Crippen molar-refractivity contribution in [3.8, 4) is 0 Å². The van der Waals surface area contributed by atoms with E-state index in [4.69, 9.17) is 11.6 Å². The van der Waals surface area contributed by atoms with Crippen LogP contribution >= 0.6 is 27.5 Å². The lowest BCUT2D eigenvalue weighted by molar-refractivity contribution is 0.442. The highest BCUT2D eigenvalue weighted by molar-refractivity contribution is 9.10. The van der Waals surface area contributed by atoms with E-state index in [1.807, 2.05) is 0 Å². The minimum Gasteiger partial charge on any atom is -0.266 e. The molecule has 14 heavy (non-hydrogen) atoms. The van der Waals surface area contributed by atoms with Crippen LogP contribution < -0.4 is 5.56 Å². The van der Waals surface area contributed by atoms with Gasteiger partial charge in [-0.2, -0.15) is 5.10 Å². The van der Waals surface area contributed by atoms with E-state index >= 15 is 0 Å². The standard InChI is InChI=1S/C9H10BrClN2O/c10-7-5-8(11)12-13(9(7)14)6-3-1-2-4-6/h5-6H,1-4H2. The summed E-state index contributed by atoms with van der Waals surface area (Å²) in [5.74, 6) is 0. The Bertz CT molecular complexity index is 398. The number of rotatable bonds is 1. The van der Waals surface area contributed by atoms with Gasteiger partial charge < -0.3 is 0 Å². The summed E-state index contributed by atoms with van der Waals surface area (Å²) in [5.41, 5.74) is -0.0821. The summed E-state index contributed by atoms with van der Waals surface area (Å²) in [5, 5.41) is 4.42. The molecular formula is C9H10BrClN2O. The largest absolute Gasteiger partial charge is 0.281 e. The second-order valence-electron chi connectivity index (χ2n) is 3.50. The number of nitrogens with zero attached hydrogens (tertiary/aromatic N) is 2. The number of aromatic nitrogens is 2. The average Bonchev–Trinajstić information content (AvgIpc) is 2.63. The number of hydrogen-bond acceptors (Lipinski definition) is 2. The molecule has 0 atom stereocenters. The molecule has 0 unspecified atom stereocenters. The summed E-state index contributed by atoms with van der Waals surface area (Å²) < 4.78 is 2.00. The van der Waals surface area contributed by atoms with E-state index in [9.17, 15) is 4.79 Å². The normalized spacial score (nSPS) is 17.6. The molecule has 0 radical (unpaired) electrons. The van der Waals surface area contributed by atoms with Crippen molar-refractivity contribution in [1.82, 2.24) is 9.78 Å². The van der Waals surface area contributed by atoms with E-state index < -0.39 is 0 Å². The zero-order chi connectivity index (χ0) is 10.1. The summed E-state index contributed by atoms with van der Waals surface area (Å²) in [6, 6.07) is 1.77. The molecule has 1 saturated carbocycles. The molecule has 2 rings (SSSR count). The first-order valence-electron chi connectivity index (χ1n) is 4.63. The van der Waals surface area contributed by atoms with Crippen molar-refractivity contribution < 1.29 is 0 Å². The second-order valence-corrected chi connectivity index (χ2v) is 4.74. The maximum absolute atomic E-state index is 11.7. The monoisotopic (exact) mass is 276 g/mol. The molecule has 1 aromatic heterocycles. The van der Waals surface area contributed by atoms with Crippen molar-refractivity contribution in [2.24, 2.45) is 0 Å². The van der Waals surface area contributed by atoms with Crippen LogP contribution in [0.3, 0.4) is 0 Å². The van der Waals surface area contributed by atoms with Crippen LogP contribution in [0.2, 0.25) is 5.15 Å². The highest BCUT2D eigenvalue weighted by Crippen LogP contribution is 2.28. The highest BCUT2D eigenvalue weighted by atomic mass is 79.9. The Balaban J connectivity index is 2.46. The molecule has 0 amide bonds. The maximum atomic E-state index is 11.7. The molecule has 1 fully saturated rings. The van der Waals surface area contributed by atoms with Crippen LogP contribution in [0.25, 0.3) is 0 Å². The Morgan fingerprint density at radius 1 is 1.50 bits per heavy atom. The fraction of sp³-hybridized carbons (Fsp3) is 0.556. The fourth-order valence-electron chi connectivity index (χ4n) is 1.85. The quantitative estimate of drug-likeness (QED) is 0.791. The summed E-state index contributed by atoms with van der Waals surface area (Å²) in [6.07, 6.45) is 4.39. The van der Waals surface area contributed by atoms with Crippen molar-refractivity contribution in [3.63, 3.8) is 0 Å². The van der Waals surface area contributed by atoms with E-state index in [-0.39, 0.29) is 11.6 Å². The Morgan fingerprint density at radius 3 is 2.79 bits per heavy atom. The van der Waals surface area contributed by atoms with Crippen LogP contribution in [-0.4, -0.2) is 9.78 Å². The van der Waals surface area contributed by atoms with Crippen LogP contribution in [-0.2, 0) is 0 Å². The van der Waals surface area contributed by atoms with Crippen LogP contribution in [0.4, 0.5) is 0 Å². The lowest BCUT2D eigenvalue weighted by Gasteiger charge is -2.11. The van der Waals surface area contributed by atoms with Crippen LogP contribution in [0.15, 0.2) is 15.3 Å². The van der Waals surface area contributed by atoms with Crippen molar-refractivity contribution in [1.29, 1.82) is 0 Å². The maximum Gasteiger partial charge on any atom is 0.281 e. The van der Waals surface area contributed by atoms with Gasteiger partial charge in [-0.15, -0.1) is 0 Å². The van der Waals surface area contributed by atoms with E-state index in [2.05, 4.69) is 21.0 Å². The van der Waals surface area contributed by atoms with Crippen molar-refractivity contribution in [3.05, 3.63) is 26.0 Å². The molecule has 5 heteroatoms. The molecule has 0 saturated heterocycles. The van der Waals surface area contributed by atoms with Gasteiger partial charge >= 0.3 is 0 Å². The Morgan fingerprint density at radius 2 is 2.14 bits per heavy atom. The molecule has 0 aliphatic heterocycles. The van der Waals surface area contributed by atoms with E-state index in [1.54, 1.807) is 0 Å². The summed E-state index contributed by atoms with van der Waals surface area (Å²) >= 11 is 8.99. The first kappa shape index (κ1) is 10.2. The Kier molecular flexibility index (Phi) is 2.93. The van der Waals surface area contributed by atoms with Crippen LogP contribution in [0.5, 0.6) is 0 Å². The smallest absolute Gasteiger partial charge is 0.266 e. The molecule has 1 heterocycles. The minimum absolute atomic E-state index is 0.0821. The second kappa shape index (κ2) is 4.03. The molecule has 3 nitrogen and oxygen atoms in total. The van der Waals surface area contributed by atoms with Gasteiger partial charge in [-0.25, -0.2) is 4.68 Å². The summed E-state index contributed by atoms with van der Waals surface area (Å²) in [4.78, 5) is 11.7. The Labute approximate surface area is 95.2 Å². The predicted octanol–water partition coefficient (Wildman–Crippen LogP) is 2.77. The number of hydrogen-bond donors (Lipinski definition) is 0. The van der Waals surface area contributed by atoms with Gasteiger partial charge in [0, 0.05) is 0 Å². The zero-order valence-electron chi connectivity index (χ0n) is 7.54. The van der Waals surface area contributed by atoms with E-state index in [0.717, 1.165) is 12.8 Å². The molecule has 0 spiro atoms. The lowest BCUT2D eigenvalue weighted by atomic mass is 10.2.